The van der Waals surface area contributed by atoms with Crippen LogP contribution in [0.5, 0.6) is 0 Å². The van der Waals surface area contributed by atoms with Gasteiger partial charge in [-0.1, -0.05) is 6.42 Å². The van der Waals surface area contributed by atoms with Crippen molar-refractivity contribution in [2.24, 2.45) is 0 Å². The van der Waals surface area contributed by atoms with Crippen LogP contribution < -0.4 is 11.2 Å². The zero-order chi connectivity index (χ0) is 11.5. The Labute approximate surface area is 90.9 Å². The molecular weight excluding hydrogens is 215 g/mol. The van der Waals surface area contributed by atoms with Crippen LogP contribution in [0.2, 0.25) is 0 Å². The zero-order valence-electron chi connectivity index (χ0n) is 8.74. The van der Waals surface area contributed by atoms with Crippen LogP contribution in [0.4, 0.5) is 4.39 Å². The molecule has 0 bridgehead atoms. The minimum absolute atomic E-state index is 0.471. The van der Waals surface area contributed by atoms with E-state index in [2.05, 4.69) is 0 Å². The van der Waals surface area contributed by atoms with Gasteiger partial charge < -0.3 is 4.74 Å². The number of hydrogen-bond donors (Lipinski definition) is 1. The minimum Gasteiger partial charge on any atom is -0.358 e. The lowest BCUT2D eigenvalue weighted by Crippen LogP contribution is -2.34. The first-order valence-electron chi connectivity index (χ1n) is 5.31. The van der Waals surface area contributed by atoms with Crippen LogP contribution in [0.1, 0.15) is 31.9 Å². The average Bonchev–Trinajstić information content (AvgIpc) is 2.52. The number of rotatable bonds is 1. The van der Waals surface area contributed by atoms with E-state index < -0.39 is 23.3 Å². The van der Waals surface area contributed by atoms with Crippen molar-refractivity contribution in [2.75, 3.05) is 6.61 Å². The molecule has 1 saturated heterocycles. The first-order valence-corrected chi connectivity index (χ1v) is 5.31. The fourth-order valence-electron chi connectivity index (χ4n) is 1.79. The van der Waals surface area contributed by atoms with E-state index in [1.807, 2.05) is 4.98 Å². The monoisotopic (exact) mass is 228 g/mol. The largest absolute Gasteiger partial charge is 0.358 e. The topological polar surface area (TPSA) is 64.1 Å². The van der Waals surface area contributed by atoms with E-state index >= 15 is 0 Å². The van der Waals surface area contributed by atoms with Gasteiger partial charge in [0.25, 0.3) is 5.56 Å². The van der Waals surface area contributed by atoms with Gasteiger partial charge in [0.05, 0.1) is 6.20 Å². The van der Waals surface area contributed by atoms with Gasteiger partial charge in [0.1, 0.15) is 6.23 Å². The molecule has 88 valence electrons. The van der Waals surface area contributed by atoms with Crippen molar-refractivity contribution in [3.8, 4) is 0 Å². The lowest BCUT2D eigenvalue weighted by Gasteiger charge is -2.17. The lowest BCUT2D eigenvalue weighted by atomic mass is 10.2. The van der Waals surface area contributed by atoms with Crippen molar-refractivity contribution < 1.29 is 9.13 Å². The molecule has 0 amide bonds. The first kappa shape index (κ1) is 11.1. The summed E-state index contributed by atoms with van der Waals surface area (Å²) in [5.74, 6) is -0.965. The van der Waals surface area contributed by atoms with Crippen molar-refractivity contribution >= 4 is 0 Å². The number of aromatic amines is 1. The Morgan fingerprint density at radius 2 is 2.19 bits per heavy atom. The summed E-state index contributed by atoms with van der Waals surface area (Å²) < 4.78 is 19.6. The van der Waals surface area contributed by atoms with Gasteiger partial charge in [0.2, 0.25) is 5.82 Å². The Balaban J connectivity index is 2.35. The molecule has 16 heavy (non-hydrogen) atoms. The highest BCUT2D eigenvalue weighted by molar-refractivity contribution is 4.88. The summed E-state index contributed by atoms with van der Waals surface area (Å²) in [6.07, 6.45) is 4.01. The average molecular weight is 228 g/mol. The normalized spacial score (nSPS) is 21.7. The zero-order valence-corrected chi connectivity index (χ0v) is 8.74. The third-order valence-corrected chi connectivity index (χ3v) is 2.64. The van der Waals surface area contributed by atoms with Gasteiger partial charge in [0.15, 0.2) is 0 Å². The standard InChI is InChI=1S/C10H13FN2O3/c11-7-6-13(10(15)12-9(7)14)8-4-2-1-3-5-16-8/h6,8H,1-5H2,(H,12,14,15). The molecule has 2 heterocycles. The van der Waals surface area contributed by atoms with Crippen LogP contribution in [0, 0.1) is 5.82 Å². The summed E-state index contributed by atoms with van der Waals surface area (Å²) in [4.78, 5) is 24.2. The fraction of sp³-hybridized carbons (Fsp3) is 0.600. The molecular formula is C10H13FN2O3. The molecule has 1 atom stereocenters. The number of hydrogen-bond acceptors (Lipinski definition) is 3. The van der Waals surface area contributed by atoms with Gasteiger partial charge in [0, 0.05) is 6.61 Å². The van der Waals surface area contributed by atoms with E-state index in [1.54, 1.807) is 0 Å². The van der Waals surface area contributed by atoms with E-state index in [0.29, 0.717) is 13.0 Å². The van der Waals surface area contributed by atoms with Crippen molar-refractivity contribution in [1.29, 1.82) is 0 Å². The molecule has 1 aromatic heterocycles. The Morgan fingerprint density at radius 1 is 1.38 bits per heavy atom. The second-order valence-electron chi connectivity index (χ2n) is 3.82. The van der Waals surface area contributed by atoms with Crippen molar-refractivity contribution in [1.82, 2.24) is 9.55 Å². The molecule has 1 aliphatic heterocycles. The number of nitrogens with one attached hydrogen (secondary N) is 1. The third-order valence-electron chi connectivity index (χ3n) is 2.64. The Kier molecular flexibility index (Phi) is 3.19. The molecule has 0 aliphatic carbocycles. The quantitative estimate of drug-likeness (QED) is 0.772. The SMILES string of the molecule is O=c1[nH]c(=O)n(C2CCCCCO2)cc1F. The highest BCUT2D eigenvalue weighted by Crippen LogP contribution is 2.19. The summed E-state index contributed by atoms with van der Waals surface area (Å²) in [6, 6.07) is 0. The van der Waals surface area contributed by atoms with Crippen molar-refractivity contribution in [2.45, 2.75) is 31.9 Å². The maximum Gasteiger partial charge on any atom is 0.330 e. The Hall–Kier alpha value is -1.43. The van der Waals surface area contributed by atoms with E-state index in [1.165, 1.54) is 0 Å². The summed E-state index contributed by atoms with van der Waals surface area (Å²) in [5, 5.41) is 0. The second-order valence-corrected chi connectivity index (χ2v) is 3.82. The molecule has 0 saturated carbocycles. The fourth-order valence-corrected chi connectivity index (χ4v) is 1.79. The number of nitrogens with zero attached hydrogens (tertiary/aromatic N) is 1. The Bertz CT molecular complexity index is 472. The van der Waals surface area contributed by atoms with Crippen LogP contribution in [-0.4, -0.2) is 16.2 Å². The van der Waals surface area contributed by atoms with Gasteiger partial charge in [-0.3, -0.25) is 14.3 Å². The van der Waals surface area contributed by atoms with E-state index in [4.69, 9.17) is 4.74 Å². The van der Waals surface area contributed by atoms with Gasteiger partial charge in [-0.25, -0.2) is 4.79 Å². The molecule has 1 fully saturated rings. The van der Waals surface area contributed by atoms with E-state index in [9.17, 15) is 14.0 Å². The van der Waals surface area contributed by atoms with Crippen LogP contribution in [0.3, 0.4) is 0 Å². The smallest absolute Gasteiger partial charge is 0.330 e. The molecule has 0 radical (unpaired) electrons. The number of halogens is 1. The molecule has 1 N–H and O–H groups in total. The molecule has 1 unspecified atom stereocenters. The number of ether oxygens (including phenoxy) is 1. The first-order chi connectivity index (χ1) is 7.68. The van der Waals surface area contributed by atoms with Crippen LogP contribution in [-0.2, 0) is 4.74 Å². The molecule has 6 heteroatoms. The van der Waals surface area contributed by atoms with E-state index in [0.717, 1.165) is 30.0 Å². The maximum absolute atomic E-state index is 13.1. The highest BCUT2D eigenvalue weighted by atomic mass is 19.1. The van der Waals surface area contributed by atoms with Gasteiger partial charge >= 0.3 is 5.69 Å². The second kappa shape index (κ2) is 4.61. The van der Waals surface area contributed by atoms with Crippen molar-refractivity contribution in [3.05, 3.63) is 32.9 Å². The van der Waals surface area contributed by atoms with Gasteiger partial charge in [-0.05, 0) is 19.3 Å². The molecule has 1 aromatic rings. The summed E-state index contributed by atoms with van der Waals surface area (Å²) in [6.45, 7) is 0.553. The Morgan fingerprint density at radius 3 is 3.00 bits per heavy atom. The summed E-state index contributed by atoms with van der Waals surface area (Å²) >= 11 is 0. The highest BCUT2D eigenvalue weighted by Gasteiger charge is 2.17. The van der Waals surface area contributed by atoms with Crippen molar-refractivity contribution in [3.63, 3.8) is 0 Å². The predicted molar refractivity (Wildman–Crippen MR) is 54.7 cm³/mol. The van der Waals surface area contributed by atoms with Crippen LogP contribution in [0.25, 0.3) is 0 Å². The molecule has 0 aromatic carbocycles. The molecule has 2 rings (SSSR count). The van der Waals surface area contributed by atoms with Gasteiger partial charge in [-0.2, -0.15) is 4.39 Å². The predicted octanol–water partition coefficient (Wildman–Crippen LogP) is 0.765. The summed E-state index contributed by atoms with van der Waals surface area (Å²) in [7, 11) is 0. The maximum atomic E-state index is 13.1. The minimum atomic E-state index is -0.991. The number of aromatic nitrogens is 2. The summed E-state index contributed by atoms with van der Waals surface area (Å²) in [5.41, 5.74) is -1.62. The van der Waals surface area contributed by atoms with E-state index in [-0.39, 0.29) is 0 Å². The van der Waals surface area contributed by atoms with Gasteiger partial charge in [-0.15, -0.1) is 0 Å². The molecule has 1 aliphatic rings. The lowest BCUT2D eigenvalue weighted by molar-refractivity contribution is 0.00278. The van der Waals surface area contributed by atoms with Crippen LogP contribution in [0.15, 0.2) is 15.8 Å². The third kappa shape index (κ3) is 2.21. The van der Waals surface area contributed by atoms with Crippen LogP contribution >= 0.6 is 0 Å². The molecule has 0 spiro atoms. The number of H-pyrrole nitrogens is 1. The molecule has 5 nitrogen and oxygen atoms in total.